The molecule has 6 nitrogen and oxygen atoms in total. The molecule has 0 radical (unpaired) electrons. The van der Waals surface area contributed by atoms with Gasteiger partial charge in [0.15, 0.2) is 0 Å². The molecule has 2 heterocycles. The van der Waals surface area contributed by atoms with Crippen LogP contribution in [0.4, 0.5) is 0 Å². The van der Waals surface area contributed by atoms with Crippen LogP contribution in [-0.4, -0.2) is 39.2 Å². The summed E-state index contributed by atoms with van der Waals surface area (Å²) in [4.78, 5) is 0. The van der Waals surface area contributed by atoms with E-state index >= 15 is 0 Å². The van der Waals surface area contributed by atoms with Gasteiger partial charge in [0.25, 0.3) is 0 Å². The Morgan fingerprint density at radius 3 is 3.07 bits per heavy atom. The molecule has 6 heteroatoms. The Balaban J connectivity index is 2.19. The minimum atomic E-state index is -0.0748. The van der Waals surface area contributed by atoms with Crippen LogP contribution in [-0.2, 0) is 6.61 Å². The highest BCUT2D eigenvalue weighted by molar-refractivity contribution is 4.96. The molecule has 15 heavy (non-hydrogen) atoms. The van der Waals surface area contributed by atoms with E-state index in [0.29, 0.717) is 11.6 Å². The van der Waals surface area contributed by atoms with Gasteiger partial charge < -0.3 is 16.2 Å². The number of piperidine rings is 1. The van der Waals surface area contributed by atoms with Gasteiger partial charge in [0, 0.05) is 12.6 Å². The molecular formula is C9H17N5O. The van der Waals surface area contributed by atoms with Crippen molar-refractivity contribution in [3.63, 3.8) is 0 Å². The highest BCUT2D eigenvalue weighted by Gasteiger charge is 2.30. The molecule has 1 aromatic rings. The first kappa shape index (κ1) is 10.5. The number of hydrogen-bond acceptors (Lipinski definition) is 5. The molecule has 0 aromatic carbocycles. The second kappa shape index (κ2) is 4.26. The van der Waals surface area contributed by atoms with Crippen molar-refractivity contribution >= 4 is 0 Å². The zero-order valence-corrected chi connectivity index (χ0v) is 8.80. The van der Waals surface area contributed by atoms with E-state index in [0.717, 1.165) is 13.1 Å². The molecule has 3 atom stereocenters. The number of nitrogens with two attached hydrogens (primary N) is 1. The molecule has 0 saturated carbocycles. The third-order valence-electron chi connectivity index (χ3n) is 2.89. The fourth-order valence-corrected chi connectivity index (χ4v) is 2.13. The quantitative estimate of drug-likeness (QED) is 0.576. The predicted octanol–water partition coefficient (Wildman–Crippen LogP) is -1.12. The summed E-state index contributed by atoms with van der Waals surface area (Å²) in [5, 5.41) is 20.1. The first-order valence-electron chi connectivity index (χ1n) is 5.20. The summed E-state index contributed by atoms with van der Waals surface area (Å²) in [6.07, 6.45) is 1.77. The fourth-order valence-electron chi connectivity index (χ4n) is 2.13. The summed E-state index contributed by atoms with van der Waals surface area (Å²) in [6.45, 7) is 3.79. The number of aliphatic hydroxyl groups excluding tert-OH is 1. The van der Waals surface area contributed by atoms with Gasteiger partial charge in [-0.05, 0) is 12.5 Å². The molecule has 1 saturated heterocycles. The minimum absolute atomic E-state index is 0.0435. The van der Waals surface area contributed by atoms with Gasteiger partial charge in [-0.15, -0.1) is 5.10 Å². The van der Waals surface area contributed by atoms with Crippen LogP contribution in [0.15, 0.2) is 6.20 Å². The van der Waals surface area contributed by atoms with Gasteiger partial charge in [-0.1, -0.05) is 12.1 Å². The van der Waals surface area contributed by atoms with Gasteiger partial charge in [-0.2, -0.15) is 0 Å². The lowest BCUT2D eigenvalue weighted by Crippen LogP contribution is -2.51. The molecular weight excluding hydrogens is 194 g/mol. The Kier molecular flexibility index (Phi) is 2.99. The topological polar surface area (TPSA) is 89.0 Å². The van der Waals surface area contributed by atoms with Crippen LogP contribution in [0, 0.1) is 5.92 Å². The van der Waals surface area contributed by atoms with E-state index in [1.54, 1.807) is 10.9 Å². The fraction of sp³-hybridized carbons (Fsp3) is 0.778. The van der Waals surface area contributed by atoms with Crippen LogP contribution < -0.4 is 11.1 Å². The van der Waals surface area contributed by atoms with Crippen molar-refractivity contribution in [2.45, 2.75) is 25.6 Å². The van der Waals surface area contributed by atoms with E-state index in [2.05, 4.69) is 22.6 Å². The van der Waals surface area contributed by atoms with Crippen LogP contribution >= 0.6 is 0 Å². The van der Waals surface area contributed by atoms with Crippen LogP contribution in [0.3, 0.4) is 0 Å². The number of aliphatic hydroxyl groups is 1. The Hall–Kier alpha value is -0.980. The molecule has 1 fully saturated rings. The van der Waals surface area contributed by atoms with Crippen LogP contribution in [0.1, 0.15) is 18.7 Å². The summed E-state index contributed by atoms with van der Waals surface area (Å²) in [7, 11) is 0. The number of hydrogen-bond donors (Lipinski definition) is 3. The number of aromatic nitrogens is 3. The molecule has 1 aliphatic heterocycles. The zero-order chi connectivity index (χ0) is 10.8. The second-order valence-electron chi connectivity index (χ2n) is 4.14. The normalized spacial score (nSPS) is 31.8. The van der Waals surface area contributed by atoms with Gasteiger partial charge in [0.1, 0.15) is 5.69 Å². The number of nitrogens with one attached hydrogen (secondary N) is 1. The lowest BCUT2D eigenvalue weighted by atomic mass is 9.92. The monoisotopic (exact) mass is 211 g/mol. The maximum atomic E-state index is 8.92. The summed E-state index contributed by atoms with van der Waals surface area (Å²) in [5.41, 5.74) is 6.63. The largest absolute Gasteiger partial charge is 0.390 e. The van der Waals surface area contributed by atoms with Gasteiger partial charge in [0.2, 0.25) is 0 Å². The van der Waals surface area contributed by atoms with Crippen molar-refractivity contribution in [3.8, 4) is 0 Å². The molecule has 2 rings (SSSR count). The summed E-state index contributed by atoms with van der Waals surface area (Å²) in [5.74, 6) is 0.419. The average Bonchev–Trinajstić information content (AvgIpc) is 2.66. The third-order valence-corrected chi connectivity index (χ3v) is 2.89. The maximum Gasteiger partial charge on any atom is 0.108 e. The lowest BCUT2D eigenvalue weighted by molar-refractivity contribution is 0.220. The molecule has 0 amide bonds. The van der Waals surface area contributed by atoms with Crippen molar-refractivity contribution in [1.29, 1.82) is 0 Å². The predicted molar refractivity (Wildman–Crippen MR) is 55.0 cm³/mol. The number of rotatable bonds is 2. The van der Waals surface area contributed by atoms with Crippen molar-refractivity contribution in [2.24, 2.45) is 11.7 Å². The maximum absolute atomic E-state index is 8.92. The van der Waals surface area contributed by atoms with Crippen LogP contribution in [0.2, 0.25) is 0 Å². The first-order chi connectivity index (χ1) is 7.22. The summed E-state index contributed by atoms with van der Waals surface area (Å²) < 4.78 is 1.78. The van der Waals surface area contributed by atoms with Crippen molar-refractivity contribution in [3.05, 3.63) is 11.9 Å². The molecule has 1 aromatic heterocycles. The lowest BCUT2D eigenvalue weighted by Gasteiger charge is -2.34. The average molecular weight is 211 g/mol. The first-order valence-corrected chi connectivity index (χ1v) is 5.20. The Morgan fingerprint density at radius 2 is 2.47 bits per heavy atom. The molecule has 0 spiro atoms. The summed E-state index contributed by atoms with van der Waals surface area (Å²) in [6, 6.07) is 0.209. The van der Waals surface area contributed by atoms with Gasteiger partial charge in [0.05, 0.1) is 18.8 Å². The van der Waals surface area contributed by atoms with Gasteiger partial charge in [-0.3, -0.25) is 0 Å². The molecule has 0 aliphatic carbocycles. The molecule has 0 unspecified atom stereocenters. The van der Waals surface area contributed by atoms with Crippen molar-refractivity contribution in [1.82, 2.24) is 20.3 Å². The summed E-state index contributed by atoms with van der Waals surface area (Å²) >= 11 is 0. The van der Waals surface area contributed by atoms with Gasteiger partial charge >= 0.3 is 0 Å². The van der Waals surface area contributed by atoms with Crippen LogP contribution in [0.5, 0.6) is 0 Å². The highest BCUT2D eigenvalue weighted by Crippen LogP contribution is 2.22. The smallest absolute Gasteiger partial charge is 0.108 e. The SMILES string of the molecule is C[C@H]1CNC[C@@H](N)[C@H]1n1cc(CO)nn1. The van der Waals surface area contributed by atoms with E-state index in [-0.39, 0.29) is 18.7 Å². The van der Waals surface area contributed by atoms with Crippen molar-refractivity contribution in [2.75, 3.05) is 13.1 Å². The minimum Gasteiger partial charge on any atom is -0.390 e. The zero-order valence-electron chi connectivity index (χ0n) is 8.80. The van der Waals surface area contributed by atoms with E-state index < -0.39 is 0 Å². The van der Waals surface area contributed by atoms with Crippen LogP contribution in [0.25, 0.3) is 0 Å². The Morgan fingerprint density at radius 1 is 1.67 bits per heavy atom. The number of nitrogens with zero attached hydrogens (tertiary/aromatic N) is 3. The van der Waals surface area contributed by atoms with Gasteiger partial charge in [-0.25, -0.2) is 4.68 Å². The molecule has 4 N–H and O–H groups in total. The molecule has 1 aliphatic rings. The van der Waals surface area contributed by atoms with E-state index in [9.17, 15) is 0 Å². The Bertz CT molecular complexity index is 316. The highest BCUT2D eigenvalue weighted by atomic mass is 16.3. The molecule has 84 valence electrons. The standard InChI is InChI=1S/C9H17N5O/c1-6-2-11-3-8(10)9(6)14-4-7(5-15)12-13-14/h4,6,8-9,11,15H,2-3,5,10H2,1H3/t6-,8+,9-/m0/s1. The molecule has 0 bridgehead atoms. The van der Waals surface area contributed by atoms with E-state index in [1.165, 1.54) is 0 Å². The second-order valence-corrected chi connectivity index (χ2v) is 4.14. The Labute approximate surface area is 88.5 Å². The van der Waals surface area contributed by atoms with E-state index in [1.807, 2.05) is 0 Å². The van der Waals surface area contributed by atoms with Crippen molar-refractivity contribution < 1.29 is 5.11 Å². The third kappa shape index (κ3) is 2.01. The van der Waals surface area contributed by atoms with E-state index in [4.69, 9.17) is 10.8 Å².